The van der Waals surface area contributed by atoms with Crippen molar-refractivity contribution in [3.8, 4) is 5.69 Å². The van der Waals surface area contributed by atoms with Gasteiger partial charge in [-0.3, -0.25) is 13.9 Å². The Kier molecular flexibility index (Phi) is 4.93. The highest BCUT2D eigenvalue weighted by molar-refractivity contribution is 7.83. The van der Waals surface area contributed by atoms with Gasteiger partial charge in [0.25, 0.3) is 0 Å². The fourth-order valence-corrected chi connectivity index (χ4v) is 5.19. The number of anilines is 1. The van der Waals surface area contributed by atoms with E-state index in [0.29, 0.717) is 6.07 Å². The van der Waals surface area contributed by atoms with Crippen LogP contribution in [-0.2, 0) is 10.3 Å². The van der Waals surface area contributed by atoms with Crippen LogP contribution in [0, 0.1) is 29.3 Å². The Morgan fingerprint density at radius 3 is 2.38 bits per heavy atom. The Balaban J connectivity index is 1.62. The number of halogens is 3. The number of aromatic carboxylic acids is 1. The summed E-state index contributed by atoms with van der Waals surface area (Å²) in [6, 6.07) is 2.84. The van der Waals surface area contributed by atoms with E-state index in [2.05, 4.69) is 9.71 Å². The lowest BCUT2D eigenvalue weighted by molar-refractivity contribution is 0.0695. The number of hydrogen-bond acceptors (Lipinski definition) is 6. The van der Waals surface area contributed by atoms with Crippen LogP contribution in [0.15, 0.2) is 35.3 Å². The highest BCUT2D eigenvalue weighted by Gasteiger charge is 2.57. The minimum atomic E-state index is -4.39. The third-order valence-corrected chi connectivity index (χ3v) is 6.66. The quantitative estimate of drug-likeness (QED) is 0.449. The van der Waals surface area contributed by atoms with Crippen LogP contribution < -0.4 is 15.1 Å². The van der Waals surface area contributed by atoms with Crippen LogP contribution in [0.4, 0.5) is 19.0 Å². The molecule has 1 saturated heterocycles. The number of carboxylic acid groups (broad SMARTS) is 1. The van der Waals surface area contributed by atoms with E-state index in [1.165, 1.54) is 4.90 Å². The van der Waals surface area contributed by atoms with Crippen molar-refractivity contribution < 1.29 is 36.0 Å². The molecule has 1 aliphatic heterocycles. The van der Waals surface area contributed by atoms with Crippen molar-refractivity contribution in [1.29, 1.82) is 0 Å². The van der Waals surface area contributed by atoms with E-state index in [-0.39, 0.29) is 42.1 Å². The van der Waals surface area contributed by atoms with Gasteiger partial charge in [-0.15, -0.1) is 0 Å². The van der Waals surface area contributed by atoms with Gasteiger partial charge in [-0.2, -0.15) is 13.1 Å². The van der Waals surface area contributed by atoms with Crippen molar-refractivity contribution >= 4 is 33.1 Å². The van der Waals surface area contributed by atoms with E-state index >= 15 is 0 Å². The molecule has 14 heteroatoms. The van der Waals surface area contributed by atoms with E-state index in [1.807, 2.05) is 0 Å². The molecule has 5 rings (SSSR count). The van der Waals surface area contributed by atoms with Crippen LogP contribution >= 0.6 is 0 Å². The molecule has 10 nitrogen and oxygen atoms in total. The van der Waals surface area contributed by atoms with Gasteiger partial charge < -0.3 is 10.0 Å². The summed E-state index contributed by atoms with van der Waals surface area (Å²) >= 11 is 0. The normalized spacial score (nSPS) is 21.6. The van der Waals surface area contributed by atoms with Crippen LogP contribution in [0.5, 0.6) is 0 Å². The molecule has 3 heterocycles. The third kappa shape index (κ3) is 3.69. The largest absolute Gasteiger partial charge is 0.477 e. The zero-order chi connectivity index (χ0) is 24.5. The van der Waals surface area contributed by atoms with Gasteiger partial charge in [-0.05, 0) is 30.0 Å². The number of carboxylic acids is 1. The van der Waals surface area contributed by atoms with Crippen molar-refractivity contribution in [1.82, 2.24) is 14.3 Å². The molecule has 3 atom stereocenters. The number of nitrogens with zero attached hydrogens (tertiary/aromatic N) is 3. The van der Waals surface area contributed by atoms with Crippen LogP contribution in [0.1, 0.15) is 10.4 Å². The molecule has 0 radical (unpaired) electrons. The zero-order valence-corrected chi connectivity index (χ0v) is 17.8. The molecule has 3 aromatic rings. The Morgan fingerprint density at radius 2 is 1.79 bits per heavy atom. The van der Waals surface area contributed by atoms with Gasteiger partial charge in [-0.1, -0.05) is 0 Å². The number of fused-ring (bicyclic) bond motifs is 2. The van der Waals surface area contributed by atoms with Gasteiger partial charge in [0.05, 0.1) is 11.1 Å². The van der Waals surface area contributed by atoms with E-state index in [0.717, 1.165) is 29.0 Å². The molecule has 1 unspecified atom stereocenters. The van der Waals surface area contributed by atoms with E-state index in [1.54, 1.807) is 0 Å². The molecule has 34 heavy (non-hydrogen) atoms. The standard InChI is InChI=1S/C20H15F3N4O6S/c21-8-1-2-15(13(22)3-8)27-7-12(20(29)30)17(28)9-4-14(23)19(24-18(9)27)26-5-10-11(6-26)16(10)25-34(31,32)33/h1-4,7,10-11,16,25H,5-6H2,(H,29,30)(H,31,32,33)/t10-,11+,16?. The molecule has 0 bridgehead atoms. The predicted octanol–water partition coefficient (Wildman–Crippen LogP) is 1.33. The van der Waals surface area contributed by atoms with Crippen LogP contribution in [0.3, 0.4) is 0 Å². The monoisotopic (exact) mass is 496 g/mol. The van der Waals surface area contributed by atoms with E-state index in [9.17, 15) is 36.3 Å². The molecular formula is C20H15F3N4O6S. The van der Waals surface area contributed by atoms with E-state index < -0.39 is 56.1 Å². The van der Waals surface area contributed by atoms with Gasteiger partial charge in [0.2, 0.25) is 5.43 Å². The molecule has 2 aliphatic rings. The Morgan fingerprint density at radius 1 is 1.12 bits per heavy atom. The van der Waals surface area contributed by atoms with Crippen LogP contribution in [0.2, 0.25) is 0 Å². The fourth-order valence-electron chi connectivity index (χ4n) is 4.49. The summed E-state index contributed by atoms with van der Waals surface area (Å²) in [5, 5.41) is 8.97. The number of hydrogen-bond donors (Lipinski definition) is 3. The number of piperidine rings is 1. The number of pyridine rings is 2. The number of rotatable bonds is 5. The molecule has 0 spiro atoms. The molecule has 0 amide bonds. The summed E-state index contributed by atoms with van der Waals surface area (Å²) < 4.78 is 77.0. The van der Waals surface area contributed by atoms with Crippen LogP contribution in [0.25, 0.3) is 16.7 Å². The minimum absolute atomic E-state index is 0.190. The lowest BCUT2D eigenvalue weighted by atomic mass is 10.1. The predicted molar refractivity (Wildman–Crippen MR) is 112 cm³/mol. The maximum absolute atomic E-state index is 15.0. The van der Waals surface area contributed by atoms with E-state index in [4.69, 9.17) is 4.55 Å². The van der Waals surface area contributed by atoms with Crippen molar-refractivity contribution in [2.24, 2.45) is 11.8 Å². The minimum Gasteiger partial charge on any atom is -0.477 e. The molecule has 1 saturated carbocycles. The first-order valence-electron chi connectivity index (χ1n) is 9.89. The average Bonchev–Trinajstić information content (AvgIpc) is 3.15. The van der Waals surface area contributed by atoms with Gasteiger partial charge in [0, 0.05) is 31.4 Å². The first kappa shape index (κ1) is 22.3. The maximum atomic E-state index is 15.0. The Bertz CT molecular complexity index is 1530. The van der Waals surface area contributed by atoms with Crippen molar-refractivity contribution in [3.05, 3.63) is 63.7 Å². The van der Waals surface area contributed by atoms with Crippen LogP contribution in [-0.4, -0.2) is 52.7 Å². The highest BCUT2D eigenvalue weighted by atomic mass is 32.2. The number of carbonyl (C=O) groups is 1. The maximum Gasteiger partial charge on any atom is 0.341 e. The van der Waals surface area contributed by atoms with Gasteiger partial charge in [-0.25, -0.2) is 22.9 Å². The zero-order valence-electron chi connectivity index (χ0n) is 16.9. The Labute approximate surface area is 189 Å². The Hall–Kier alpha value is -3.49. The first-order valence-corrected chi connectivity index (χ1v) is 11.3. The molecule has 2 aromatic heterocycles. The second kappa shape index (κ2) is 7.51. The van der Waals surface area contributed by atoms with Gasteiger partial charge in [0.1, 0.15) is 17.2 Å². The first-order chi connectivity index (χ1) is 15.9. The van der Waals surface area contributed by atoms with Crippen molar-refractivity contribution in [2.75, 3.05) is 18.0 Å². The summed E-state index contributed by atoms with van der Waals surface area (Å²) in [5.74, 6) is -5.10. The highest BCUT2D eigenvalue weighted by Crippen LogP contribution is 2.47. The number of nitrogens with one attached hydrogen (secondary N) is 1. The number of benzene rings is 1. The molecule has 1 aromatic carbocycles. The molecular weight excluding hydrogens is 481 g/mol. The summed E-state index contributed by atoms with van der Waals surface area (Å²) in [4.78, 5) is 29.9. The lowest BCUT2D eigenvalue weighted by Crippen LogP contribution is -2.35. The summed E-state index contributed by atoms with van der Waals surface area (Å²) in [7, 11) is -4.39. The summed E-state index contributed by atoms with van der Waals surface area (Å²) in [6.45, 7) is 0.380. The second-order valence-electron chi connectivity index (χ2n) is 8.16. The van der Waals surface area contributed by atoms with Crippen molar-refractivity contribution in [2.45, 2.75) is 6.04 Å². The average molecular weight is 496 g/mol. The summed E-state index contributed by atoms with van der Waals surface area (Å²) in [6.07, 6.45) is 0.839. The molecule has 178 valence electrons. The number of aromatic nitrogens is 2. The van der Waals surface area contributed by atoms with Gasteiger partial charge >= 0.3 is 16.3 Å². The van der Waals surface area contributed by atoms with Crippen molar-refractivity contribution in [3.63, 3.8) is 0 Å². The lowest BCUT2D eigenvalue weighted by Gasteiger charge is -2.22. The summed E-state index contributed by atoms with van der Waals surface area (Å²) in [5.41, 5.74) is -2.33. The third-order valence-electron chi connectivity index (χ3n) is 6.09. The smallest absolute Gasteiger partial charge is 0.341 e. The van der Waals surface area contributed by atoms with Gasteiger partial charge in [0.15, 0.2) is 17.3 Å². The molecule has 1 aliphatic carbocycles. The fraction of sp³-hybridized carbons (Fsp3) is 0.250. The second-order valence-corrected chi connectivity index (χ2v) is 9.34. The molecule has 3 N–H and O–H groups in total. The SMILES string of the molecule is O=C(O)c1cn(-c2ccc(F)cc2F)c2nc(N3C[C@@H]4C(NS(=O)(=O)O)[C@@H]4C3)c(F)cc2c1=O. The topological polar surface area (TPSA) is 142 Å². The molecule has 2 fully saturated rings.